The van der Waals surface area contributed by atoms with Crippen LogP contribution in [0.25, 0.3) is 0 Å². The Morgan fingerprint density at radius 2 is 1.96 bits per heavy atom. The van der Waals surface area contributed by atoms with E-state index in [9.17, 15) is 5.11 Å². The van der Waals surface area contributed by atoms with E-state index in [1.165, 1.54) is 38.5 Å². The molecule has 5 fully saturated rings. The minimum absolute atomic E-state index is 0.00898. The Bertz CT molecular complexity index is 761. The van der Waals surface area contributed by atoms with E-state index >= 15 is 0 Å². The van der Waals surface area contributed by atoms with Crippen LogP contribution >= 0.6 is 0 Å². The van der Waals surface area contributed by atoms with E-state index < -0.39 is 6.10 Å². The van der Waals surface area contributed by atoms with Crippen LogP contribution in [0, 0.1) is 28.6 Å². The summed E-state index contributed by atoms with van der Waals surface area (Å²) in [4.78, 5) is 0. The predicted octanol–water partition coefficient (Wildman–Crippen LogP) is 4.52. The summed E-state index contributed by atoms with van der Waals surface area (Å²) >= 11 is 0. The number of epoxide rings is 1. The first kappa shape index (κ1) is 18.0. The lowest BCUT2D eigenvalue weighted by molar-refractivity contribution is -0.146. The normalized spacial score (nSPS) is 57.1. The van der Waals surface area contributed by atoms with Crippen molar-refractivity contribution in [3.8, 4) is 0 Å². The predicted molar refractivity (Wildman–Crippen MR) is 105 cm³/mol. The maximum absolute atomic E-state index is 11.2. The summed E-state index contributed by atoms with van der Waals surface area (Å²) in [6, 6.07) is 2.05. The van der Waals surface area contributed by atoms with Crippen LogP contribution in [-0.2, 0) is 9.47 Å². The fourth-order valence-corrected chi connectivity index (χ4v) is 8.91. The van der Waals surface area contributed by atoms with Crippen LogP contribution in [0.3, 0.4) is 0 Å². The van der Waals surface area contributed by atoms with Crippen molar-refractivity contribution in [1.29, 1.82) is 0 Å². The van der Waals surface area contributed by atoms with Crippen molar-refractivity contribution in [3.05, 3.63) is 24.2 Å². The lowest BCUT2D eigenvalue weighted by Gasteiger charge is -2.61. The van der Waals surface area contributed by atoms with E-state index in [-0.39, 0.29) is 23.0 Å². The second kappa shape index (κ2) is 5.65. The molecule has 4 heteroatoms. The topological polar surface area (TPSA) is 55.1 Å². The highest BCUT2D eigenvalue weighted by Crippen LogP contribution is 2.77. The first-order chi connectivity index (χ1) is 13.5. The van der Waals surface area contributed by atoms with Gasteiger partial charge in [0.2, 0.25) is 0 Å². The minimum Gasteiger partial charge on any atom is -0.472 e. The average molecular weight is 387 g/mol. The maximum Gasteiger partial charge on any atom is 0.115 e. The molecule has 2 heterocycles. The molecule has 1 N–H and O–H groups in total. The molecule has 1 spiro atoms. The summed E-state index contributed by atoms with van der Waals surface area (Å²) in [5.41, 5.74) is 1.45. The summed E-state index contributed by atoms with van der Waals surface area (Å²) in [7, 11) is 1.88. The van der Waals surface area contributed by atoms with Crippen LogP contribution in [0.1, 0.15) is 70.3 Å². The molecule has 0 bridgehead atoms. The maximum atomic E-state index is 11.2. The van der Waals surface area contributed by atoms with Gasteiger partial charge >= 0.3 is 0 Å². The van der Waals surface area contributed by atoms with Gasteiger partial charge in [0.25, 0.3) is 0 Å². The lowest BCUT2D eigenvalue weighted by Crippen LogP contribution is -2.58. The van der Waals surface area contributed by atoms with Crippen molar-refractivity contribution in [2.24, 2.45) is 28.6 Å². The molecule has 10 atom stereocenters. The van der Waals surface area contributed by atoms with Crippen molar-refractivity contribution in [2.45, 2.75) is 88.6 Å². The van der Waals surface area contributed by atoms with Gasteiger partial charge in [-0.15, -0.1) is 0 Å². The third kappa shape index (κ3) is 1.93. The van der Waals surface area contributed by atoms with Gasteiger partial charge in [0.15, 0.2) is 0 Å². The van der Waals surface area contributed by atoms with Crippen LogP contribution in [0.5, 0.6) is 0 Å². The number of rotatable bonds is 2. The molecule has 1 aliphatic heterocycles. The van der Waals surface area contributed by atoms with Crippen LogP contribution in [-0.4, -0.2) is 36.1 Å². The van der Waals surface area contributed by atoms with Gasteiger partial charge in [0.1, 0.15) is 11.7 Å². The molecule has 1 aromatic rings. The molecule has 0 amide bonds. The standard InChI is InChI=1S/C24H34O4/c1-22-9-6-16(26-3)12-15(22)4-5-18-17(22)7-10-23(2)19(14-8-11-27-13-14)20(25)21-24(18,23)28-21/h8,11,13,15-21,25H,4-7,9-10,12H2,1-3H3/t15-,16-,17-,18+,19-,20-,21-,22-,23+,24-/m0/s1. The summed E-state index contributed by atoms with van der Waals surface area (Å²) in [6.45, 7) is 4.96. The number of ether oxygens (including phenoxy) is 2. The van der Waals surface area contributed by atoms with Crippen molar-refractivity contribution in [1.82, 2.24) is 0 Å². The molecular weight excluding hydrogens is 352 g/mol. The molecule has 0 aromatic carbocycles. The zero-order valence-corrected chi connectivity index (χ0v) is 17.4. The van der Waals surface area contributed by atoms with Gasteiger partial charge in [-0.2, -0.15) is 0 Å². The fraction of sp³-hybridized carbons (Fsp3) is 0.833. The average Bonchev–Trinajstić information content (AvgIpc) is 3.14. The van der Waals surface area contributed by atoms with Crippen molar-refractivity contribution in [2.75, 3.05) is 7.11 Å². The van der Waals surface area contributed by atoms with Crippen molar-refractivity contribution in [3.63, 3.8) is 0 Å². The van der Waals surface area contributed by atoms with E-state index in [4.69, 9.17) is 13.9 Å². The Kier molecular flexibility index (Phi) is 3.62. The summed E-state index contributed by atoms with van der Waals surface area (Å²) in [6.07, 6.45) is 12.3. The number of fused-ring (bicyclic) bond motifs is 3. The molecular formula is C24H34O4. The van der Waals surface area contributed by atoms with Crippen LogP contribution < -0.4 is 0 Å². The quantitative estimate of drug-likeness (QED) is 0.759. The van der Waals surface area contributed by atoms with Gasteiger partial charge in [-0.25, -0.2) is 0 Å². The summed E-state index contributed by atoms with van der Waals surface area (Å²) < 4.78 is 17.7. The second-order valence-electron chi connectivity index (χ2n) is 10.9. The summed E-state index contributed by atoms with van der Waals surface area (Å²) in [5, 5.41) is 11.2. The lowest BCUT2D eigenvalue weighted by atomic mass is 9.44. The molecule has 1 saturated heterocycles. The Labute approximate surface area is 168 Å². The monoisotopic (exact) mass is 386 g/mol. The first-order valence-corrected chi connectivity index (χ1v) is 11.4. The van der Waals surface area contributed by atoms with Crippen LogP contribution in [0.15, 0.2) is 23.0 Å². The SMILES string of the molecule is CO[C@H]1CC[C@@]2(C)[C@@H](CC[C@@H]3[C@@H]2CC[C@]2(C)[C@@H](c4ccoc4)[C@H](O)[C@@H]4O[C@@]342)C1. The molecule has 4 nitrogen and oxygen atoms in total. The molecule has 0 unspecified atom stereocenters. The zero-order valence-electron chi connectivity index (χ0n) is 17.4. The number of methoxy groups -OCH3 is 1. The minimum atomic E-state index is -0.406. The van der Waals surface area contributed by atoms with Crippen LogP contribution in [0.2, 0.25) is 0 Å². The van der Waals surface area contributed by atoms with Crippen molar-refractivity contribution < 1.29 is 19.0 Å². The fourth-order valence-electron chi connectivity index (χ4n) is 8.91. The number of aliphatic hydroxyl groups excluding tert-OH is 1. The third-order valence-corrected chi connectivity index (χ3v) is 10.3. The Hall–Kier alpha value is -0.840. The highest BCUT2D eigenvalue weighted by molar-refractivity contribution is 5.38. The number of hydrogen-bond acceptors (Lipinski definition) is 4. The molecule has 1 aromatic heterocycles. The molecule has 154 valence electrons. The second-order valence-corrected chi connectivity index (χ2v) is 10.9. The van der Waals surface area contributed by atoms with E-state index in [1.807, 2.05) is 19.4 Å². The number of aliphatic hydroxyl groups is 1. The van der Waals surface area contributed by atoms with E-state index in [0.717, 1.165) is 23.8 Å². The van der Waals surface area contributed by atoms with E-state index in [1.54, 1.807) is 6.26 Å². The van der Waals surface area contributed by atoms with Crippen LogP contribution in [0.4, 0.5) is 0 Å². The molecule has 5 aliphatic rings. The molecule has 4 aliphatic carbocycles. The Morgan fingerprint density at radius 1 is 1.11 bits per heavy atom. The van der Waals surface area contributed by atoms with Gasteiger partial charge < -0.3 is 19.0 Å². The van der Waals surface area contributed by atoms with E-state index in [0.29, 0.717) is 17.4 Å². The highest BCUT2D eigenvalue weighted by Gasteiger charge is 2.83. The van der Waals surface area contributed by atoms with Gasteiger partial charge in [-0.05, 0) is 79.7 Å². The smallest absolute Gasteiger partial charge is 0.115 e. The number of hydrogen-bond donors (Lipinski definition) is 1. The Balaban J connectivity index is 1.36. The Morgan fingerprint density at radius 3 is 2.71 bits per heavy atom. The largest absolute Gasteiger partial charge is 0.472 e. The van der Waals surface area contributed by atoms with Gasteiger partial charge in [-0.1, -0.05) is 13.8 Å². The van der Waals surface area contributed by atoms with Crippen molar-refractivity contribution >= 4 is 0 Å². The molecule has 4 saturated carbocycles. The summed E-state index contributed by atoms with van der Waals surface area (Å²) in [5.74, 6) is 2.22. The highest BCUT2D eigenvalue weighted by atomic mass is 16.6. The van der Waals surface area contributed by atoms with E-state index in [2.05, 4.69) is 13.8 Å². The van der Waals surface area contributed by atoms with Gasteiger partial charge in [0, 0.05) is 18.4 Å². The zero-order chi connectivity index (χ0) is 19.3. The third-order valence-electron chi connectivity index (χ3n) is 10.3. The first-order valence-electron chi connectivity index (χ1n) is 11.4. The molecule has 6 rings (SSSR count). The molecule has 28 heavy (non-hydrogen) atoms. The number of furan rings is 1. The van der Waals surface area contributed by atoms with Gasteiger partial charge in [0.05, 0.1) is 24.7 Å². The molecule has 0 radical (unpaired) electrons. The van der Waals surface area contributed by atoms with Gasteiger partial charge in [-0.3, -0.25) is 0 Å².